The fourth-order valence-corrected chi connectivity index (χ4v) is 6.58. The van der Waals surface area contributed by atoms with Gasteiger partial charge in [0.1, 0.15) is 5.69 Å². The molecule has 2 aliphatic rings. The number of anilines is 1. The third-order valence-electron chi connectivity index (χ3n) is 6.75. The van der Waals surface area contributed by atoms with Crippen LogP contribution in [0.4, 0.5) is 10.5 Å². The van der Waals surface area contributed by atoms with E-state index in [0.29, 0.717) is 25.3 Å². The van der Waals surface area contributed by atoms with Crippen LogP contribution in [0.1, 0.15) is 71.4 Å². The van der Waals surface area contributed by atoms with Crippen LogP contribution in [0.3, 0.4) is 0 Å². The summed E-state index contributed by atoms with van der Waals surface area (Å²) in [6.07, 6.45) is 9.96. The molecule has 1 aliphatic heterocycles. The van der Waals surface area contributed by atoms with E-state index in [0.717, 1.165) is 45.2 Å². The minimum atomic E-state index is -0.205. The Balaban J connectivity index is 1.10. The summed E-state index contributed by atoms with van der Waals surface area (Å²) in [5.41, 5.74) is 3.54. The second-order valence-electron chi connectivity index (χ2n) is 9.29. The summed E-state index contributed by atoms with van der Waals surface area (Å²) in [6.45, 7) is 4.12. The summed E-state index contributed by atoms with van der Waals surface area (Å²) in [5.74, 6) is 0.0796. The van der Waals surface area contributed by atoms with Gasteiger partial charge in [0.05, 0.1) is 20.2 Å². The maximum atomic E-state index is 12.8. The van der Waals surface area contributed by atoms with Crippen LogP contribution in [-0.4, -0.2) is 46.4 Å². The van der Waals surface area contributed by atoms with Crippen LogP contribution in [-0.2, 0) is 0 Å². The predicted octanol–water partition coefficient (Wildman–Crippen LogP) is 6.09. The molecule has 184 valence electrons. The molecule has 1 aliphatic carbocycles. The summed E-state index contributed by atoms with van der Waals surface area (Å²) < 4.78 is 1.11. The van der Waals surface area contributed by atoms with Crippen molar-refractivity contribution in [3.8, 4) is 0 Å². The third-order valence-corrected chi connectivity index (χ3v) is 8.70. The lowest BCUT2D eigenvalue weighted by Crippen LogP contribution is -2.44. The van der Waals surface area contributed by atoms with E-state index in [1.54, 1.807) is 11.3 Å². The SMILES string of the molecule is Cc1nc2cc(NC(=O)c3csc(C4CCN(C(=O)NCCC5=CCCCC5)CC4)n3)ccc2s1. The number of benzene rings is 1. The van der Waals surface area contributed by atoms with Gasteiger partial charge in [0.15, 0.2) is 0 Å². The van der Waals surface area contributed by atoms with Crippen LogP contribution < -0.4 is 10.6 Å². The van der Waals surface area contributed by atoms with Crippen LogP contribution in [0.2, 0.25) is 0 Å². The van der Waals surface area contributed by atoms with Crippen molar-refractivity contribution in [3.05, 3.63) is 50.9 Å². The molecule has 0 bridgehead atoms. The molecule has 2 N–H and O–H groups in total. The molecule has 0 atom stereocenters. The van der Waals surface area contributed by atoms with Crippen LogP contribution in [0.5, 0.6) is 0 Å². The van der Waals surface area contributed by atoms with Gasteiger partial charge in [-0.25, -0.2) is 14.8 Å². The number of nitrogens with one attached hydrogen (secondary N) is 2. The van der Waals surface area contributed by atoms with Crippen molar-refractivity contribution in [1.29, 1.82) is 0 Å². The summed E-state index contributed by atoms with van der Waals surface area (Å²) in [7, 11) is 0. The molecule has 0 spiro atoms. The zero-order valence-electron chi connectivity index (χ0n) is 20.0. The Morgan fingerprint density at radius 1 is 1.17 bits per heavy atom. The van der Waals surface area contributed by atoms with Crippen molar-refractivity contribution in [2.75, 3.05) is 25.0 Å². The lowest BCUT2D eigenvalue weighted by Gasteiger charge is -2.31. The molecule has 0 saturated carbocycles. The number of fused-ring (bicyclic) bond motifs is 1. The fraction of sp³-hybridized carbons (Fsp3) is 0.462. The van der Waals surface area contributed by atoms with Gasteiger partial charge in [-0.2, -0.15) is 0 Å². The number of aromatic nitrogens is 2. The number of nitrogens with zero attached hydrogens (tertiary/aromatic N) is 3. The lowest BCUT2D eigenvalue weighted by molar-refractivity contribution is 0.102. The van der Waals surface area contributed by atoms with Crippen LogP contribution in [0.15, 0.2) is 35.2 Å². The summed E-state index contributed by atoms with van der Waals surface area (Å²) in [6, 6.07) is 5.82. The molecule has 35 heavy (non-hydrogen) atoms. The Morgan fingerprint density at radius 2 is 2.03 bits per heavy atom. The largest absolute Gasteiger partial charge is 0.338 e. The van der Waals surface area contributed by atoms with Crippen molar-refractivity contribution >= 4 is 50.5 Å². The molecular formula is C26H31N5O2S2. The summed E-state index contributed by atoms with van der Waals surface area (Å²) >= 11 is 3.17. The van der Waals surface area contributed by atoms with Crippen LogP contribution >= 0.6 is 22.7 Å². The van der Waals surface area contributed by atoms with E-state index in [2.05, 4.69) is 26.7 Å². The zero-order valence-corrected chi connectivity index (χ0v) is 21.6. The molecule has 1 saturated heterocycles. The molecule has 0 radical (unpaired) electrons. The standard InChI is InChI=1S/C26H31N5O2S2/c1-17-28-21-15-20(7-8-23(21)35-17)29-24(32)22-16-34-25(30-22)19-10-13-31(14-11-19)26(33)27-12-9-18-5-3-2-4-6-18/h5,7-8,15-16,19H,2-4,6,9-14H2,1H3,(H,27,33)(H,29,32). The number of hydrogen-bond acceptors (Lipinski definition) is 6. The molecular weight excluding hydrogens is 478 g/mol. The van der Waals surface area contributed by atoms with Gasteiger partial charge in [-0.3, -0.25) is 4.79 Å². The van der Waals surface area contributed by atoms with E-state index in [1.807, 2.05) is 35.4 Å². The van der Waals surface area contributed by atoms with Crippen molar-refractivity contribution in [3.63, 3.8) is 0 Å². The summed E-state index contributed by atoms with van der Waals surface area (Å²) in [4.78, 5) is 36.4. The molecule has 1 fully saturated rings. The van der Waals surface area contributed by atoms with E-state index in [1.165, 1.54) is 42.6 Å². The number of piperidine rings is 1. The van der Waals surface area contributed by atoms with Gasteiger partial charge in [-0.05, 0) is 70.1 Å². The first-order valence-corrected chi connectivity index (χ1v) is 14.1. The monoisotopic (exact) mass is 509 g/mol. The first-order valence-electron chi connectivity index (χ1n) is 12.4. The molecule has 3 aromatic rings. The second-order valence-corrected chi connectivity index (χ2v) is 11.4. The number of carbonyl (C=O) groups excluding carboxylic acids is 2. The molecule has 0 unspecified atom stereocenters. The molecule has 5 rings (SSSR count). The highest BCUT2D eigenvalue weighted by Crippen LogP contribution is 2.31. The maximum absolute atomic E-state index is 12.8. The van der Waals surface area contributed by atoms with Crippen LogP contribution in [0, 0.1) is 6.92 Å². The smallest absolute Gasteiger partial charge is 0.317 e. The van der Waals surface area contributed by atoms with Crippen LogP contribution in [0.25, 0.3) is 10.2 Å². The van der Waals surface area contributed by atoms with E-state index in [4.69, 9.17) is 0 Å². The molecule has 1 aromatic carbocycles. The average Bonchev–Trinajstić information content (AvgIpc) is 3.51. The van der Waals surface area contributed by atoms with Gasteiger partial charge < -0.3 is 15.5 Å². The Bertz CT molecular complexity index is 1240. The van der Waals surface area contributed by atoms with Gasteiger partial charge in [0.25, 0.3) is 5.91 Å². The number of rotatable bonds is 6. The number of likely N-dealkylation sites (tertiary alicyclic amines) is 1. The van der Waals surface area contributed by atoms with Gasteiger partial charge in [0, 0.05) is 36.6 Å². The Morgan fingerprint density at radius 3 is 2.83 bits per heavy atom. The number of aryl methyl sites for hydroxylation is 1. The molecule has 2 aromatic heterocycles. The third kappa shape index (κ3) is 5.90. The van der Waals surface area contributed by atoms with Gasteiger partial charge in [-0.1, -0.05) is 11.6 Å². The number of allylic oxidation sites excluding steroid dienone is 1. The first kappa shape index (κ1) is 23.9. The number of carbonyl (C=O) groups is 2. The van der Waals surface area contributed by atoms with E-state index >= 15 is 0 Å². The zero-order chi connectivity index (χ0) is 24.2. The van der Waals surface area contributed by atoms with E-state index in [9.17, 15) is 9.59 Å². The second kappa shape index (κ2) is 10.9. The quantitative estimate of drug-likeness (QED) is 0.394. The number of amides is 3. The Kier molecular flexibility index (Phi) is 7.43. The number of urea groups is 1. The molecule has 3 amide bonds. The average molecular weight is 510 g/mol. The van der Waals surface area contributed by atoms with Crippen molar-refractivity contribution in [2.24, 2.45) is 0 Å². The summed E-state index contributed by atoms with van der Waals surface area (Å²) in [5, 5.41) is 9.84. The van der Waals surface area contributed by atoms with Crippen molar-refractivity contribution in [2.45, 2.75) is 57.8 Å². The Labute approximate surface area is 213 Å². The van der Waals surface area contributed by atoms with Crippen molar-refractivity contribution < 1.29 is 9.59 Å². The highest BCUT2D eigenvalue weighted by Gasteiger charge is 2.26. The highest BCUT2D eigenvalue weighted by molar-refractivity contribution is 7.18. The molecule has 7 nitrogen and oxygen atoms in total. The van der Waals surface area contributed by atoms with E-state index in [-0.39, 0.29) is 17.9 Å². The topological polar surface area (TPSA) is 87.2 Å². The normalized spacial score (nSPS) is 16.8. The van der Waals surface area contributed by atoms with Gasteiger partial charge in [-0.15, -0.1) is 22.7 Å². The van der Waals surface area contributed by atoms with Gasteiger partial charge in [0.2, 0.25) is 0 Å². The van der Waals surface area contributed by atoms with Crippen molar-refractivity contribution in [1.82, 2.24) is 20.2 Å². The minimum Gasteiger partial charge on any atom is -0.338 e. The Hall–Kier alpha value is -2.78. The lowest BCUT2D eigenvalue weighted by atomic mass is 9.97. The number of thiazole rings is 2. The minimum absolute atomic E-state index is 0.0336. The molecule has 3 heterocycles. The first-order chi connectivity index (χ1) is 17.0. The predicted molar refractivity (Wildman–Crippen MR) is 143 cm³/mol. The maximum Gasteiger partial charge on any atom is 0.317 e. The number of hydrogen-bond donors (Lipinski definition) is 2. The molecule has 9 heteroatoms. The highest BCUT2D eigenvalue weighted by atomic mass is 32.1. The van der Waals surface area contributed by atoms with E-state index < -0.39 is 0 Å². The van der Waals surface area contributed by atoms with Gasteiger partial charge >= 0.3 is 6.03 Å². The fourth-order valence-electron chi connectivity index (χ4n) is 4.80.